The number of rotatable bonds is 4. The third-order valence-corrected chi connectivity index (χ3v) is 3.63. The van der Waals surface area contributed by atoms with Gasteiger partial charge < -0.3 is 15.7 Å². The average Bonchev–Trinajstić information content (AvgIpc) is 2.71. The van der Waals surface area contributed by atoms with Crippen molar-refractivity contribution in [1.82, 2.24) is 9.78 Å². The molecule has 0 amide bonds. The largest absolute Gasteiger partial charge is 0.472 e. The van der Waals surface area contributed by atoms with Gasteiger partial charge in [-0.1, -0.05) is 39.3 Å². The molecule has 0 aliphatic carbocycles. The number of oxime groups is 1. The van der Waals surface area contributed by atoms with Crippen LogP contribution in [0.25, 0.3) is 0 Å². The maximum absolute atomic E-state index is 8.84. The molecule has 0 fully saturated rings. The Bertz CT molecular complexity index is 652. The Balaban J connectivity index is 2.28. The molecule has 1 heterocycles. The van der Waals surface area contributed by atoms with Crippen LogP contribution < -0.4 is 10.5 Å². The molecular formula is C13H15BrN4O2. The van der Waals surface area contributed by atoms with E-state index in [1.807, 2.05) is 24.3 Å². The van der Waals surface area contributed by atoms with Crippen LogP contribution in [0, 0.1) is 6.92 Å². The smallest absolute Gasteiger partial charge is 0.223 e. The van der Waals surface area contributed by atoms with Crippen molar-refractivity contribution in [2.75, 3.05) is 0 Å². The zero-order valence-corrected chi connectivity index (χ0v) is 12.8. The van der Waals surface area contributed by atoms with E-state index in [2.05, 4.69) is 26.2 Å². The molecule has 2 rings (SSSR count). The Labute approximate surface area is 125 Å². The molecule has 0 saturated heterocycles. The van der Waals surface area contributed by atoms with Crippen molar-refractivity contribution in [2.24, 2.45) is 17.9 Å². The molecule has 0 saturated carbocycles. The molecule has 0 aliphatic heterocycles. The van der Waals surface area contributed by atoms with Gasteiger partial charge in [0.2, 0.25) is 5.88 Å². The second kappa shape index (κ2) is 5.96. The van der Waals surface area contributed by atoms with Crippen LogP contribution in [0.15, 0.2) is 33.9 Å². The van der Waals surface area contributed by atoms with Crippen LogP contribution in [0.4, 0.5) is 0 Å². The van der Waals surface area contributed by atoms with Gasteiger partial charge in [-0.15, -0.1) is 0 Å². The first-order chi connectivity index (χ1) is 9.54. The number of aryl methyl sites for hydroxylation is 2. The Morgan fingerprint density at radius 1 is 1.50 bits per heavy atom. The molecule has 7 heteroatoms. The van der Waals surface area contributed by atoms with E-state index in [9.17, 15) is 0 Å². The monoisotopic (exact) mass is 338 g/mol. The molecule has 1 aromatic carbocycles. The summed E-state index contributed by atoms with van der Waals surface area (Å²) >= 11 is 3.46. The molecule has 0 unspecified atom stereocenters. The summed E-state index contributed by atoms with van der Waals surface area (Å²) in [5, 5.41) is 16.1. The first-order valence-corrected chi connectivity index (χ1v) is 6.71. The summed E-state index contributed by atoms with van der Waals surface area (Å²) in [4.78, 5) is 0. The van der Waals surface area contributed by atoms with E-state index < -0.39 is 0 Å². The third kappa shape index (κ3) is 2.77. The number of hydrogen-bond donors (Lipinski definition) is 2. The number of nitrogens with two attached hydrogens (primary N) is 1. The SMILES string of the molecule is Cc1nn(C)c(OCc2ccccc2Br)c1/C(N)=N/O. The first kappa shape index (κ1) is 14.4. The molecule has 3 N–H and O–H groups in total. The lowest BCUT2D eigenvalue weighted by atomic mass is 10.2. The molecule has 0 atom stereocenters. The maximum Gasteiger partial charge on any atom is 0.223 e. The van der Waals surface area contributed by atoms with E-state index in [4.69, 9.17) is 15.7 Å². The van der Waals surface area contributed by atoms with Gasteiger partial charge in [-0.3, -0.25) is 0 Å². The first-order valence-electron chi connectivity index (χ1n) is 5.92. The van der Waals surface area contributed by atoms with Gasteiger partial charge in [0.05, 0.1) is 5.69 Å². The molecular weight excluding hydrogens is 324 g/mol. The molecule has 0 spiro atoms. The summed E-state index contributed by atoms with van der Waals surface area (Å²) < 4.78 is 8.31. The highest BCUT2D eigenvalue weighted by Gasteiger charge is 2.18. The second-order valence-corrected chi connectivity index (χ2v) is 5.11. The van der Waals surface area contributed by atoms with Crippen molar-refractivity contribution < 1.29 is 9.94 Å². The van der Waals surface area contributed by atoms with E-state index in [1.165, 1.54) is 0 Å². The van der Waals surface area contributed by atoms with E-state index in [0.717, 1.165) is 10.0 Å². The predicted molar refractivity (Wildman–Crippen MR) is 78.9 cm³/mol. The van der Waals surface area contributed by atoms with Crippen LogP contribution >= 0.6 is 15.9 Å². The van der Waals surface area contributed by atoms with Gasteiger partial charge in [-0.25, -0.2) is 4.68 Å². The quantitative estimate of drug-likeness (QED) is 0.387. The number of ether oxygens (including phenoxy) is 1. The molecule has 2 aromatic rings. The summed E-state index contributed by atoms with van der Waals surface area (Å²) in [7, 11) is 1.75. The molecule has 1 aromatic heterocycles. The summed E-state index contributed by atoms with van der Waals surface area (Å²) in [6.45, 7) is 2.13. The van der Waals surface area contributed by atoms with Crippen LogP contribution in [0.3, 0.4) is 0 Å². The van der Waals surface area contributed by atoms with Gasteiger partial charge in [0.1, 0.15) is 12.2 Å². The van der Waals surface area contributed by atoms with Gasteiger partial charge in [-0.2, -0.15) is 5.10 Å². The van der Waals surface area contributed by atoms with E-state index in [-0.39, 0.29) is 5.84 Å². The lowest BCUT2D eigenvalue weighted by molar-refractivity contribution is 0.277. The highest BCUT2D eigenvalue weighted by Crippen LogP contribution is 2.24. The number of amidine groups is 1. The van der Waals surface area contributed by atoms with Gasteiger partial charge in [-0.05, 0) is 13.0 Å². The summed E-state index contributed by atoms with van der Waals surface area (Å²) in [5.41, 5.74) is 7.81. The van der Waals surface area contributed by atoms with E-state index in [0.29, 0.717) is 23.7 Å². The summed E-state index contributed by atoms with van der Waals surface area (Å²) in [6, 6.07) is 7.76. The average molecular weight is 339 g/mol. The lowest BCUT2D eigenvalue weighted by Gasteiger charge is -2.09. The zero-order chi connectivity index (χ0) is 14.7. The highest BCUT2D eigenvalue weighted by atomic mass is 79.9. The van der Waals surface area contributed by atoms with Gasteiger partial charge in [0.15, 0.2) is 5.84 Å². The Kier molecular flexibility index (Phi) is 4.29. The minimum absolute atomic E-state index is 0.0160. The van der Waals surface area contributed by atoms with Crippen molar-refractivity contribution in [3.8, 4) is 5.88 Å². The molecule has 106 valence electrons. The minimum Gasteiger partial charge on any atom is -0.472 e. The maximum atomic E-state index is 8.84. The minimum atomic E-state index is -0.0160. The zero-order valence-electron chi connectivity index (χ0n) is 11.2. The van der Waals surface area contributed by atoms with Crippen LogP contribution in [0.1, 0.15) is 16.8 Å². The third-order valence-electron chi connectivity index (χ3n) is 2.86. The van der Waals surface area contributed by atoms with Gasteiger partial charge >= 0.3 is 0 Å². The number of aromatic nitrogens is 2. The van der Waals surface area contributed by atoms with E-state index >= 15 is 0 Å². The van der Waals surface area contributed by atoms with Crippen molar-refractivity contribution in [3.63, 3.8) is 0 Å². The van der Waals surface area contributed by atoms with Crippen LogP contribution in [-0.4, -0.2) is 20.8 Å². The number of halogens is 1. The van der Waals surface area contributed by atoms with Crippen molar-refractivity contribution in [2.45, 2.75) is 13.5 Å². The Morgan fingerprint density at radius 2 is 2.20 bits per heavy atom. The normalized spacial score (nSPS) is 11.7. The second-order valence-electron chi connectivity index (χ2n) is 4.25. The predicted octanol–water partition coefficient (Wildman–Crippen LogP) is 2.16. The van der Waals surface area contributed by atoms with Gasteiger partial charge in [0, 0.05) is 17.1 Å². The fraction of sp³-hybridized carbons (Fsp3) is 0.231. The van der Waals surface area contributed by atoms with Gasteiger partial charge in [0.25, 0.3) is 0 Å². The number of hydrogen-bond acceptors (Lipinski definition) is 4. The molecule has 6 nitrogen and oxygen atoms in total. The fourth-order valence-corrected chi connectivity index (χ4v) is 2.31. The highest BCUT2D eigenvalue weighted by molar-refractivity contribution is 9.10. The lowest BCUT2D eigenvalue weighted by Crippen LogP contribution is -2.15. The summed E-state index contributed by atoms with van der Waals surface area (Å²) in [5.74, 6) is 0.450. The molecule has 0 aliphatic rings. The van der Waals surface area contributed by atoms with Crippen LogP contribution in [0.2, 0.25) is 0 Å². The molecule has 0 bridgehead atoms. The van der Waals surface area contributed by atoms with Crippen molar-refractivity contribution in [1.29, 1.82) is 0 Å². The molecule has 0 radical (unpaired) electrons. The standard InChI is InChI=1S/C13H15BrN4O2/c1-8-11(12(15)17-19)13(18(2)16-8)20-7-9-5-3-4-6-10(9)14/h3-6,19H,7H2,1-2H3,(H2,15,17). The van der Waals surface area contributed by atoms with E-state index in [1.54, 1.807) is 18.7 Å². The summed E-state index contributed by atoms with van der Waals surface area (Å²) in [6.07, 6.45) is 0. The van der Waals surface area contributed by atoms with Crippen LogP contribution in [-0.2, 0) is 13.7 Å². The number of benzene rings is 1. The number of nitrogens with zero attached hydrogens (tertiary/aromatic N) is 3. The van der Waals surface area contributed by atoms with Crippen LogP contribution in [0.5, 0.6) is 5.88 Å². The Hall–Kier alpha value is -2.02. The van der Waals surface area contributed by atoms with Crippen molar-refractivity contribution in [3.05, 3.63) is 45.6 Å². The topological polar surface area (TPSA) is 85.7 Å². The van der Waals surface area contributed by atoms with Crippen molar-refractivity contribution >= 4 is 21.8 Å². The Morgan fingerprint density at radius 3 is 2.85 bits per heavy atom. The molecule has 20 heavy (non-hydrogen) atoms. The fourth-order valence-electron chi connectivity index (χ4n) is 1.91.